The van der Waals surface area contributed by atoms with E-state index in [1.165, 1.54) is 18.4 Å². The molecule has 2 aliphatic rings. The van der Waals surface area contributed by atoms with Crippen LogP contribution in [0.3, 0.4) is 0 Å². The Morgan fingerprint density at radius 3 is 2.38 bits per heavy atom. The fraction of sp³-hybridized carbons (Fsp3) is 0.591. The average molecular weight is 398 g/mol. The summed E-state index contributed by atoms with van der Waals surface area (Å²) in [5.74, 6) is -0.0391. The van der Waals surface area contributed by atoms with Gasteiger partial charge in [0.2, 0.25) is 0 Å². The van der Waals surface area contributed by atoms with Gasteiger partial charge in [-0.05, 0) is 31.2 Å². The first-order chi connectivity index (χ1) is 14.1. The monoisotopic (exact) mass is 397 g/mol. The van der Waals surface area contributed by atoms with Gasteiger partial charge < -0.3 is 10.0 Å². The molecule has 0 unspecified atom stereocenters. The molecule has 156 valence electrons. The molecule has 2 aromatic rings. The summed E-state index contributed by atoms with van der Waals surface area (Å²) >= 11 is 0. The van der Waals surface area contributed by atoms with Gasteiger partial charge in [-0.25, -0.2) is 4.68 Å². The van der Waals surface area contributed by atoms with Crippen LogP contribution in [-0.2, 0) is 13.1 Å². The van der Waals surface area contributed by atoms with Gasteiger partial charge in [-0.1, -0.05) is 48.4 Å². The van der Waals surface area contributed by atoms with E-state index < -0.39 is 5.60 Å². The standard InChI is InChI=1S/C22H31N5O2/c28-21(26-12-6-1-2-7-13-26)20-17-27(24-23-20)18-22(29)10-14-25(15-11-22)16-19-8-4-3-5-9-19/h3-5,8-9,17,29H,1-2,6-7,10-16,18H2. The van der Waals surface area contributed by atoms with E-state index in [2.05, 4.69) is 39.5 Å². The zero-order valence-electron chi connectivity index (χ0n) is 17.0. The zero-order chi connectivity index (χ0) is 20.1. The SMILES string of the molecule is O=C(c1cn(CC2(O)CCN(Cc3ccccc3)CC2)nn1)N1CCCCCC1. The molecule has 2 saturated heterocycles. The molecular formula is C22H31N5O2. The van der Waals surface area contributed by atoms with Crippen LogP contribution in [0.1, 0.15) is 54.6 Å². The third-order valence-electron chi connectivity index (χ3n) is 6.14. The van der Waals surface area contributed by atoms with Gasteiger partial charge in [0, 0.05) is 32.7 Å². The number of aromatic nitrogens is 3. The number of nitrogens with zero attached hydrogens (tertiary/aromatic N) is 5. The van der Waals surface area contributed by atoms with Gasteiger partial charge in [-0.2, -0.15) is 0 Å². The summed E-state index contributed by atoms with van der Waals surface area (Å²) < 4.78 is 1.64. The predicted octanol–water partition coefficient (Wildman–Crippen LogP) is 2.32. The molecule has 7 heteroatoms. The molecule has 2 aliphatic heterocycles. The molecule has 1 N–H and O–H groups in total. The van der Waals surface area contributed by atoms with Gasteiger partial charge in [0.05, 0.1) is 18.3 Å². The van der Waals surface area contributed by atoms with E-state index in [0.717, 1.165) is 45.6 Å². The highest BCUT2D eigenvalue weighted by atomic mass is 16.3. The molecule has 3 heterocycles. The Kier molecular flexibility index (Phi) is 6.25. The molecule has 29 heavy (non-hydrogen) atoms. The Morgan fingerprint density at radius 2 is 1.69 bits per heavy atom. The zero-order valence-corrected chi connectivity index (χ0v) is 17.0. The molecule has 1 aromatic carbocycles. The van der Waals surface area contributed by atoms with Crippen LogP contribution in [-0.4, -0.2) is 67.6 Å². The van der Waals surface area contributed by atoms with Gasteiger partial charge in [0.25, 0.3) is 5.91 Å². The van der Waals surface area contributed by atoms with Crippen LogP contribution in [0, 0.1) is 0 Å². The first kappa shape index (κ1) is 20.0. The highest BCUT2D eigenvalue weighted by molar-refractivity contribution is 5.91. The second-order valence-corrected chi connectivity index (χ2v) is 8.49. The molecular weight excluding hydrogens is 366 g/mol. The summed E-state index contributed by atoms with van der Waals surface area (Å²) in [4.78, 5) is 17.0. The number of amides is 1. The van der Waals surface area contributed by atoms with Crippen LogP contribution < -0.4 is 0 Å². The van der Waals surface area contributed by atoms with Crippen LogP contribution in [0.25, 0.3) is 0 Å². The van der Waals surface area contributed by atoms with Crippen molar-refractivity contribution in [3.05, 3.63) is 47.8 Å². The van der Waals surface area contributed by atoms with E-state index in [9.17, 15) is 9.90 Å². The summed E-state index contributed by atoms with van der Waals surface area (Å²) in [5, 5.41) is 19.2. The van der Waals surface area contributed by atoms with E-state index in [1.54, 1.807) is 10.9 Å². The Morgan fingerprint density at radius 1 is 1.00 bits per heavy atom. The third kappa shape index (κ3) is 5.22. The van der Waals surface area contributed by atoms with Crippen LogP contribution in [0.5, 0.6) is 0 Å². The first-order valence-electron chi connectivity index (χ1n) is 10.8. The second kappa shape index (κ2) is 9.05. The van der Waals surface area contributed by atoms with Crippen molar-refractivity contribution in [1.29, 1.82) is 0 Å². The van der Waals surface area contributed by atoms with Crippen LogP contribution in [0.4, 0.5) is 0 Å². The third-order valence-corrected chi connectivity index (χ3v) is 6.14. The number of carbonyl (C=O) groups is 1. The molecule has 0 aliphatic carbocycles. The highest BCUT2D eigenvalue weighted by Crippen LogP contribution is 2.25. The minimum Gasteiger partial charge on any atom is -0.388 e. The Bertz CT molecular complexity index is 791. The summed E-state index contributed by atoms with van der Waals surface area (Å²) in [6.07, 6.45) is 7.56. The fourth-order valence-corrected chi connectivity index (χ4v) is 4.34. The average Bonchev–Trinajstić information content (AvgIpc) is 3.01. The Hall–Kier alpha value is -2.25. The van der Waals surface area contributed by atoms with Gasteiger partial charge >= 0.3 is 0 Å². The van der Waals surface area contributed by atoms with E-state index in [4.69, 9.17) is 0 Å². The lowest BCUT2D eigenvalue weighted by Gasteiger charge is -2.38. The number of aliphatic hydroxyl groups is 1. The lowest BCUT2D eigenvalue weighted by molar-refractivity contribution is -0.0383. The summed E-state index contributed by atoms with van der Waals surface area (Å²) in [6, 6.07) is 10.4. The van der Waals surface area contributed by atoms with Gasteiger partial charge in [0.1, 0.15) is 0 Å². The maximum Gasteiger partial charge on any atom is 0.276 e. The van der Waals surface area contributed by atoms with Crippen LogP contribution in [0.2, 0.25) is 0 Å². The van der Waals surface area contributed by atoms with Crippen molar-refractivity contribution in [2.75, 3.05) is 26.2 Å². The molecule has 1 amide bonds. The van der Waals surface area contributed by atoms with Crippen molar-refractivity contribution in [2.24, 2.45) is 0 Å². The van der Waals surface area contributed by atoms with Gasteiger partial charge in [-0.3, -0.25) is 9.69 Å². The van der Waals surface area contributed by atoms with Crippen LogP contribution in [0.15, 0.2) is 36.5 Å². The van der Waals surface area contributed by atoms with Crippen molar-refractivity contribution >= 4 is 5.91 Å². The van der Waals surface area contributed by atoms with E-state index >= 15 is 0 Å². The fourth-order valence-electron chi connectivity index (χ4n) is 4.34. The van der Waals surface area contributed by atoms with Crippen molar-refractivity contribution in [3.8, 4) is 0 Å². The van der Waals surface area contributed by atoms with Gasteiger partial charge in [0.15, 0.2) is 5.69 Å². The van der Waals surface area contributed by atoms with E-state index in [0.29, 0.717) is 25.1 Å². The number of benzene rings is 1. The maximum atomic E-state index is 12.7. The lowest BCUT2D eigenvalue weighted by Crippen LogP contribution is -2.46. The topological polar surface area (TPSA) is 74.5 Å². The molecule has 0 saturated carbocycles. The maximum absolute atomic E-state index is 12.7. The molecule has 2 fully saturated rings. The number of hydrogen-bond acceptors (Lipinski definition) is 5. The largest absolute Gasteiger partial charge is 0.388 e. The van der Waals surface area contributed by atoms with Crippen molar-refractivity contribution < 1.29 is 9.90 Å². The highest BCUT2D eigenvalue weighted by Gasteiger charge is 2.33. The Labute approximate surface area is 172 Å². The van der Waals surface area contributed by atoms with E-state index in [1.807, 2.05) is 11.0 Å². The number of rotatable bonds is 5. The number of likely N-dealkylation sites (tertiary alicyclic amines) is 2. The lowest BCUT2D eigenvalue weighted by atomic mass is 9.91. The normalized spacial score (nSPS) is 20.4. The minimum absolute atomic E-state index is 0.0391. The molecule has 7 nitrogen and oxygen atoms in total. The molecule has 1 aromatic heterocycles. The van der Waals surface area contributed by atoms with Crippen LogP contribution >= 0.6 is 0 Å². The van der Waals surface area contributed by atoms with Gasteiger partial charge in [-0.15, -0.1) is 5.10 Å². The summed E-state index contributed by atoms with van der Waals surface area (Å²) in [6.45, 7) is 4.58. The molecule has 4 rings (SSSR count). The Balaban J connectivity index is 1.31. The molecule has 0 spiro atoms. The molecule has 0 bridgehead atoms. The summed E-state index contributed by atoms with van der Waals surface area (Å²) in [7, 11) is 0. The predicted molar refractivity (Wildman–Crippen MR) is 110 cm³/mol. The van der Waals surface area contributed by atoms with E-state index in [-0.39, 0.29) is 5.91 Å². The number of hydrogen-bond donors (Lipinski definition) is 1. The molecule has 0 radical (unpaired) electrons. The quantitative estimate of drug-likeness (QED) is 0.838. The minimum atomic E-state index is -0.802. The first-order valence-corrected chi connectivity index (χ1v) is 10.8. The van der Waals surface area contributed by atoms with Crippen molar-refractivity contribution in [1.82, 2.24) is 24.8 Å². The number of carbonyl (C=O) groups excluding carboxylic acids is 1. The number of piperidine rings is 1. The van der Waals surface area contributed by atoms with Crippen molar-refractivity contribution in [2.45, 2.75) is 57.2 Å². The van der Waals surface area contributed by atoms with Crippen molar-refractivity contribution in [3.63, 3.8) is 0 Å². The molecule has 0 atom stereocenters. The summed E-state index contributed by atoms with van der Waals surface area (Å²) in [5.41, 5.74) is 0.881. The second-order valence-electron chi connectivity index (χ2n) is 8.49. The smallest absolute Gasteiger partial charge is 0.276 e.